The van der Waals surface area contributed by atoms with Crippen LogP contribution in [0.1, 0.15) is 63.1 Å². The lowest BCUT2D eigenvalue weighted by molar-refractivity contribution is -0.121. The van der Waals surface area contributed by atoms with Crippen molar-refractivity contribution in [2.24, 2.45) is 11.8 Å². The molecule has 2 aliphatic rings. The highest BCUT2D eigenvalue weighted by molar-refractivity contribution is 7.98. The SMILES string of the molecule is CCCCC1CCC(C(=O)Nc2c3c(nn2-c2ccc(Oc4ccccc4)cc2)CSC3)CC1. The maximum Gasteiger partial charge on any atom is 0.228 e. The third kappa shape index (κ3) is 5.17. The van der Waals surface area contributed by atoms with Crippen LogP contribution in [0.4, 0.5) is 5.82 Å². The van der Waals surface area contributed by atoms with Crippen LogP contribution in [-0.2, 0) is 16.3 Å². The number of nitrogens with one attached hydrogen (secondary N) is 1. The van der Waals surface area contributed by atoms with Crippen LogP contribution < -0.4 is 10.1 Å². The van der Waals surface area contributed by atoms with Gasteiger partial charge in [0.05, 0.1) is 11.4 Å². The van der Waals surface area contributed by atoms with Crippen molar-refractivity contribution in [2.45, 2.75) is 63.4 Å². The van der Waals surface area contributed by atoms with Gasteiger partial charge < -0.3 is 10.1 Å². The third-order valence-corrected chi connectivity index (χ3v) is 8.01. The number of carbonyl (C=O) groups is 1. The summed E-state index contributed by atoms with van der Waals surface area (Å²) in [7, 11) is 0. The Morgan fingerprint density at radius 1 is 1.03 bits per heavy atom. The standard InChI is InChI=1S/C28H33N3O2S/c1-2-3-7-20-10-12-21(13-11-20)28(32)29-27-25-18-34-19-26(25)30-31(27)22-14-16-24(17-15-22)33-23-8-5-4-6-9-23/h4-6,8-9,14-17,20-21H,2-3,7,10-13,18-19H2,1H3,(H,29,32). The molecular formula is C28H33N3O2S. The van der Waals surface area contributed by atoms with E-state index in [0.29, 0.717) is 0 Å². The van der Waals surface area contributed by atoms with Gasteiger partial charge in [0.2, 0.25) is 5.91 Å². The molecule has 178 valence electrons. The molecule has 1 N–H and O–H groups in total. The Balaban J connectivity index is 1.30. The van der Waals surface area contributed by atoms with Gasteiger partial charge >= 0.3 is 0 Å². The number of hydrogen-bond donors (Lipinski definition) is 1. The second-order valence-corrected chi connectivity index (χ2v) is 10.4. The minimum absolute atomic E-state index is 0.104. The highest BCUT2D eigenvalue weighted by Crippen LogP contribution is 2.38. The number of benzene rings is 2. The van der Waals surface area contributed by atoms with Crippen molar-refractivity contribution >= 4 is 23.5 Å². The second kappa shape index (κ2) is 10.7. The van der Waals surface area contributed by atoms with Gasteiger partial charge in [0, 0.05) is 23.0 Å². The van der Waals surface area contributed by atoms with Gasteiger partial charge in [-0.05, 0) is 68.0 Å². The molecule has 1 aliphatic heterocycles. The van der Waals surface area contributed by atoms with Crippen LogP contribution >= 0.6 is 11.8 Å². The number of hydrogen-bond acceptors (Lipinski definition) is 4. The predicted octanol–water partition coefficient (Wildman–Crippen LogP) is 7.35. The van der Waals surface area contributed by atoms with E-state index in [4.69, 9.17) is 9.84 Å². The molecular weight excluding hydrogens is 442 g/mol. The molecule has 6 heteroatoms. The first-order valence-corrected chi connectivity index (χ1v) is 13.7. The summed E-state index contributed by atoms with van der Waals surface area (Å²) in [5.74, 6) is 5.26. The first-order chi connectivity index (χ1) is 16.7. The second-order valence-electron chi connectivity index (χ2n) is 9.44. The molecule has 5 nitrogen and oxygen atoms in total. The lowest BCUT2D eigenvalue weighted by atomic mass is 9.79. The summed E-state index contributed by atoms with van der Waals surface area (Å²) in [4.78, 5) is 13.2. The van der Waals surface area contributed by atoms with Crippen molar-refractivity contribution in [3.05, 3.63) is 65.9 Å². The van der Waals surface area contributed by atoms with Crippen LogP contribution in [0.15, 0.2) is 54.6 Å². The van der Waals surface area contributed by atoms with E-state index in [2.05, 4.69) is 12.2 Å². The van der Waals surface area contributed by atoms with E-state index in [9.17, 15) is 4.79 Å². The molecule has 0 unspecified atom stereocenters. The zero-order valence-corrected chi connectivity index (χ0v) is 20.7. The van der Waals surface area contributed by atoms with Gasteiger partial charge in [-0.15, -0.1) is 0 Å². The largest absolute Gasteiger partial charge is 0.457 e. The van der Waals surface area contributed by atoms with Gasteiger partial charge in [0.1, 0.15) is 17.3 Å². The summed E-state index contributed by atoms with van der Waals surface area (Å²) in [5.41, 5.74) is 3.17. The Hall–Kier alpha value is -2.73. The molecule has 1 amide bonds. The lowest BCUT2D eigenvalue weighted by Gasteiger charge is -2.28. The van der Waals surface area contributed by atoms with E-state index in [1.54, 1.807) is 0 Å². The maximum atomic E-state index is 13.2. The van der Waals surface area contributed by atoms with Gasteiger partial charge in [-0.3, -0.25) is 4.79 Å². The van der Waals surface area contributed by atoms with E-state index in [1.807, 2.05) is 71.0 Å². The third-order valence-electron chi connectivity index (χ3n) is 7.04. The minimum atomic E-state index is 0.104. The molecule has 0 radical (unpaired) electrons. The quantitative estimate of drug-likeness (QED) is 0.370. The average Bonchev–Trinajstić information content (AvgIpc) is 3.47. The summed E-state index contributed by atoms with van der Waals surface area (Å²) in [6.45, 7) is 2.25. The molecule has 34 heavy (non-hydrogen) atoms. The van der Waals surface area contributed by atoms with Crippen molar-refractivity contribution in [3.8, 4) is 17.2 Å². The monoisotopic (exact) mass is 475 g/mol. The molecule has 0 spiro atoms. The van der Waals surface area contributed by atoms with Crippen molar-refractivity contribution in [3.63, 3.8) is 0 Å². The van der Waals surface area contributed by atoms with E-state index in [1.165, 1.54) is 37.7 Å². The fraction of sp³-hybridized carbons (Fsp3) is 0.429. The Kier molecular flexibility index (Phi) is 7.24. The number of ether oxygens (including phenoxy) is 1. The normalized spacial score (nSPS) is 19.6. The number of anilines is 1. The van der Waals surface area contributed by atoms with E-state index < -0.39 is 0 Å². The Morgan fingerprint density at radius 3 is 2.50 bits per heavy atom. The van der Waals surface area contributed by atoms with Crippen molar-refractivity contribution in [2.75, 3.05) is 5.32 Å². The van der Waals surface area contributed by atoms with Gasteiger partial charge in [-0.2, -0.15) is 16.9 Å². The number of aromatic nitrogens is 2. The van der Waals surface area contributed by atoms with Gasteiger partial charge in [0.25, 0.3) is 0 Å². The number of rotatable bonds is 8. The molecule has 1 fully saturated rings. The number of thioether (sulfide) groups is 1. The van der Waals surface area contributed by atoms with Gasteiger partial charge in [-0.25, -0.2) is 4.68 Å². The fourth-order valence-corrected chi connectivity index (χ4v) is 6.07. The van der Waals surface area contributed by atoms with Gasteiger partial charge in [0.15, 0.2) is 0 Å². The molecule has 0 bridgehead atoms. The maximum absolute atomic E-state index is 13.2. The first kappa shape index (κ1) is 23.0. The first-order valence-electron chi connectivity index (χ1n) is 12.5. The van der Waals surface area contributed by atoms with Gasteiger partial charge in [-0.1, -0.05) is 44.4 Å². The minimum Gasteiger partial charge on any atom is -0.457 e. The molecule has 2 heterocycles. The number of fused-ring (bicyclic) bond motifs is 1. The van der Waals surface area contributed by atoms with Crippen LogP contribution in [0.5, 0.6) is 11.5 Å². The highest BCUT2D eigenvalue weighted by atomic mass is 32.2. The van der Waals surface area contributed by atoms with E-state index in [-0.39, 0.29) is 11.8 Å². The lowest BCUT2D eigenvalue weighted by Crippen LogP contribution is -2.28. The molecule has 1 aliphatic carbocycles. The predicted molar refractivity (Wildman–Crippen MR) is 139 cm³/mol. The summed E-state index contributed by atoms with van der Waals surface area (Å²) in [5, 5.41) is 8.15. The topological polar surface area (TPSA) is 56.2 Å². The average molecular weight is 476 g/mol. The number of amides is 1. The van der Waals surface area contributed by atoms with Crippen molar-refractivity contribution in [1.82, 2.24) is 9.78 Å². The molecule has 5 rings (SSSR count). The molecule has 2 aromatic carbocycles. The Bertz CT molecular complexity index is 1100. The molecule has 0 saturated heterocycles. The van der Waals surface area contributed by atoms with E-state index in [0.717, 1.165) is 59.0 Å². The van der Waals surface area contributed by atoms with Crippen LogP contribution in [0, 0.1) is 11.8 Å². The van der Waals surface area contributed by atoms with Crippen LogP contribution in [0.25, 0.3) is 5.69 Å². The molecule has 0 atom stereocenters. The Morgan fingerprint density at radius 2 is 1.76 bits per heavy atom. The fourth-order valence-electron chi connectivity index (χ4n) is 5.03. The Labute approximate surface area is 206 Å². The molecule has 1 saturated carbocycles. The summed E-state index contributed by atoms with van der Waals surface area (Å²) in [6.07, 6.45) is 8.22. The van der Waals surface area contributed by atoms with Crippen LogP contribution in [-0.4, -0.2) is 15.7 Å². The van der Waals surface area contributed by atoms with E-state index >= 15 is 0 Å². The zero-order valence-electron chi connectivity index (χ0n) is 19.8. The van der Waals surface area contributed by atoms with Crippen LogP contribution in [0.3, 0.4) is 0 Å². The summed E-state index contributed by atoms with van der Waals surface area (Å²) >= 11 is 1.85. The summed E-state index contributed by atoms with van der Waals surface area (Å²) in [6, 6.07) is 17.7. The molecule has 3 aromatic rings. The summed E-state index contributed by atoms with van der Waals surface area (Å²) < 4.78 is 7.84. The number of nitrogens with zero attached hydrogens (tertiary/aromatic N) is 2. The van der Waals surface area contributed by atoms with Crippen molar-refractivity contribution in [1.29, 1.82) is 0 Å². The smallest absolute Gasteiger partial charge is 0.228 e. The highest BCUT2D eigenvalue weighted by Gasteiger charge is 2.29. The molecule has 1 aromatic heterocycles. The van der Waals surface area contributed by atoms with Crippen LogP contribution in [0.2, 0.25) is 0 Å². The van der Waals surface area contributed by atoms with Crippen molar-refractivity contribution < 1.29 is 9.53 Å². The number of carbonyl (C=O) groups excluding carboxylic acids is 1. The number of unbranched alkanes of at least 4 members (excludes halogenated alkanes) is 1. The zero-order chi connectivity index (χ0) is 23.3. The number of para-hydroxylation sites is 1.